The van der Waals surface area contributed by atoms with Gasteiger partial charge in [-0.15, -0.1) is 11.3 Å². The molecule has 274 valence electrons. The number of aromatic nitrogens is 2. The zero-order valence-corrected chi connectivity index (χ0v) is 28.6. The summed E-state index contributed by atoms with van der Waals surface area (Å²) in [7, 11) is 1.41. The van der Waals surface area contributed by atoms with Gasteiger partial charge in [0, 0.05) is 44.0 Å². The van der Waals surface area contributed by atoms with Crippen molar-refractivity contribution >= 4 is 43.2 Å². The molecule has 2 N–H and O–H groups in total. The van der Waals surface area contributed by atoms with Crippen molar-refractivity contribution in [3.8, 4) is 29.1 Å². The Bertz CT molecular complexity index is 2140. The molecular weight excluding hydrogens is 714 g/mol. The molecule has 0 saturated carbocycles. The van der Waals surface area contributed by atoms with E-state index in [1.807, 2.05) is 4.90 Å². The first-order valence-electron chi connectivity index (χ1n) is 16.4. The number of nitrogen functional groups attached to an aromatic ring is 1. The zero-order chi connectivity index (χ0) is 37.1. The molecule has 0 aliphatic carbocycles. The van der Waals surface area contributed by atoms with Crippen molar-refractivity contribution in [2.45, 2.75) is 55.7 Å². The van der Waals surface area contributed by atoms with Crippen LogP contribution in [0.15, 0.2) is 30.9 Å². The van der Waals surface area contributed by atoms with Crippen molar-refractivity contribution in [3.63, 3.8) is 0 Å². The Balaban J connectivity index is 1.43. The van der Waals surface area contributed by atoms with Gasteiger partial charge in [-0.25, -0.2) is 13.2 Å². The molecule has 3 fully saturated rings. The molecule has 5 heterocycles. The average molecular weight is 747 g/mol. The Morgan fingerprint density at radius 2 is 2.06 bits per heavy atom. The maximum atomic E-state index is 17.1. The Morgan fingerprint density at radius 1 is 1.27 bits per heavy atom. The fourth-order valence-corrected chi connectivity index (χ4v) is 8.79. The van der Waals surface area contributed by atoms with Gasteiger partial charge >= 0.3 is 12.2 Å². The van der Waals surface area contributed by atoms with Gasteiger partial charge in [-0.05, 0) is 43.2 Å². The fourth-order valence-electron chi connectivity index (χ4n) is 7.84. The van der Waals surface area contributed by atoms with E-state index in [0.717, 1.165) is 24.6 Å². The minimum Gasteiger partial charge on any atom is -0.471 e. The summed E-state index contributed by atoms with van der Waals surface area (Å²) in [5, 5.41) is 8.93. The lowest BCUT2D eigenvalue weighted by molar-refractivity contribution is -0.137. The van der Waals surface area contributed by atoms with Crippen molar-refractivity contribution in [2.75, 3.05) is 45.7 Å². The Hall–Kier alpha value is -4.66. The second-order valence-corrected chi connectivity index (χ2v) is 14.2. The number of carbonyl (C=O) groups excluding carboxylic acids is 1. The van der Waals surface area contributed by atoms with Gasteiger partial charge in [0.1, 0.15) is 41.3 Å². The molecule has 0 spiro atoms. The minimum atomic E-state index is -5.18. The Morgan fingerprint density at radius 3 is 2.77 bits per heavy atom. The summed E-state index contributed by atoms with van der Waals surface area (Å²) < 4.78 is 109. The summed E-state index contributed by atoms with van der Waals surface area (Å²) in [6, 6.07) is 3.13. The molecule has 3 aliphatic heterocycles. The van der Waals surface area contributed by atoms with Crippen LogP contribution in [0.4, 0.5) is 31.3 Å². The smallest absolute Gasteiger partial charge is 0.417 e. The van der Waals surface area contributed by atoms with Gasteiger partial charge in [0.15, 0.2) is 5.82 Å². The first-order chi connectivity index (χ1) is 24.8. The number of hydrogen-bond donors (Lipinski definition) is 1. The molecule has 1 amide bonds. The third-order valence-corrected chi connectivity index (χ3v) is 11.2. The number of nitriles is 1. The van der Waals surface area contributed by atoms with Gasteiger partial charge in [0.2, 0.25) is 11.8 Å². The molecule has 0 unspecified atom stereocenters. The van der Waals surface area contributed by atoms with Gasteiger partial charge in [-0.1, -0.05) is 12.6 Å². The van der Waals surface area contributed by atoms with Crippen molar-refractivity contribution < 1.29 is 45.3 Å². The topological polar surface area (TPSA) is 127 Å². The standard InChI is InChI=1S/C35H32F6N6O4S/c1-3-25(48)47-10-7-24(23(47)15-49-2)51-32-19-11-21(35(39,40)41)27(18-5-6-22(37)30-26(18)20(13-42)31(43)52-30)28(38)29(19)44-33(45-32)50-16-34-8-4-9-46(34)14-17(36)12-34/h3,5-6,11,17,23-24H,1,4,7-10,12,14-16,43H2,2H3/t17-,23-,24-,34+/m1/s1. The number of anilines is 1. The molecule has 7 rings (SSSR count). The second-order valence-electron chi connectivity index (χ2n) is 13.1. The molecule has 2 aromatic carbocycles. The van der Waals surface area contributed by atoms with E-state index in [4.69, 9.17) is 19.9 Å². The lowest BCUT2D eigenvalue weighted by Gasteiger charge is -2.31. The maximum absolute atomic E-state index is 17.1. The van der Waals surface area contributed by atoms with Crippen molar-refractivity contribution in [2.24, 2.45) is 0 Å². The third-order valence-electron chi connectivity index (χ3n) is 10.2. The Labute approximate surface area is 297 Å². The number of ether oxygens (including phenoxy) is 3. The van der Waals surface area contributed by atoms with E-state index in [9.17, 15) is 32.0 Å². The summed E-state index contributed by atoms with van der Waals surface area (Å²) in [4.78, 5) is 24.6. The fraction of sp³-hybridized carbons (Fsp3) is 0.429. The first-order valence-corrected chi connectivity index (χ1v) is 17.2. The number of methoxy groups -OCH3 is 1. The highest BCUT2D eigenvalue weighted by atomic mass is 32.1. The molecule has 10 nitrogen and oxygen atoms in total. The van der Waals surface area contributed by atoms with Crippen LogP contribution >= 0.6 is 11.3 Å². The van der Waals surface area contributed by atoms with Crippen molar-refractivity contribution in [1.82, 2.24) is 19.8 Å². The molecule has 4 atom stereocenters. The van der Waals surface area contributed by atoms with Crippen LogP contribution < -0.4 is 15.2 Å². The summed E-state index contributed by atoms with van der Waals surface area (Å²) >= 11 is 0.654. The Kier molecular flexibility index (Phi) is 9.20. The van der Waals surface area contributed by atoms with Crippen molar-refractivity contribution in [1.29, 1.82) is 5.26 Å². The van der Waals surface area contributed by atoms with Gasteiger partial charge in [0.25, 0.3) is 0 Å². The predicted octanol–water partition coefficient (Wildman–Crippen LogP) is 6.40. The van der Waals surface area contributed by atoms with Crippen LogP contribution in [0.3, 0.4) is 0 Å². The molecule has 0 radical (unpaired) electrons. The lowest BCUT2D eigenvalue weighted by atomic mass is 9.92. The molecule has 17 heteroatoms. The number of benzene rings is 2. The average Bonchev–Trinajstić information content (AvgIpc) is 3.85. The van der Waals surface area contributed by atoms with E-state index in [0.29, 0.717) is 30.4 Å². The number of amides is 1. The zero-order valence-electron chi connectivity index (χ0n) is 27.7. The van der Waals surface area contributed by atoms with Gasteiger partial charge in [0.05, 0.1) is 39.4 Å². The number of thiophene rings is 1. The van der Waals surface area contributed by atoms with E-state index in [2.05, 4.69) is 16.5 Å². The normalized spacial score (nSPS) is 23.3. The van der Waals surface area contributed by atoms with E-state index in [1.165, 1.54) is 12.0 Å². The monoisotopic (exact) mass is 746 g/mol. The van der Waals surface area contributed by atoms with Gasteiger partial charge in [-0.3, -0.25) is 9.69 Å². The van der Waals surface area contributed by atoms with E-state index in [-0.39, 0.29) is 59.8 Å². The van der Waals surface area contributed by atoms with Crippen molar-refractivity contribution in [3.05, 3.63) is 53.6 Å². The third kappa shape index (κ3) is 5.96. The van der Waals surface area contributed by atoms with E-state index >= 15 is 4.39 Å². The summed E-state index contributed by atoms with van der Waals surface area (Å²) in [5.74, 6) is -3.18. The largest absolute Gasteiger partial charge is 0.471 e. The molecule has 3 saturated heterocycles. The molecule has 3 aliphatic rings. The number of nitrogens with two attached hydrogens (primary N) is 1. The summed E-state index contributed by atoms with van der Waals surface area (Å²) in [6.07, 6.45) is -4.17. The quantitative estimate of drug-likeness (QED) is 0.153. The van der Waals surface area contributed by atoms with Gasteiger partial charge < -0.3 is 24.8 Å². The van der Waals surface area contributed by atoms with Crippen LogP contribution in [0.25, 0.3) is 32.1 Å². The lowest BCUT2D eigenvalue weighted by Crippen LogP contribution is -2.44. The number of halogens is 6. The van der Waals surface area contributed by atoms with E-state index < -0.39 is 87.1 Å². The SMILES string of the molecule is C=CC(=O)N1CC[C@@H](Oc2nc(OC[C@@]34CCCN3C[C@H](F)C4)nc3c(F)c(-c4ccc(F)c5sc(N)c(C#N)c45)c(C(F)(F)F)cc23)[C@H]1COC. The number of likely N-dealkylation sites (tertiary alicyclic amines) is 1. The van der Waals surface area contributed by atoms with Crippen LogP contribution in [0.5, 0.6) is 11.9 Å². The molecule has 52 heavy (non-hydrogen) atoms. The van der Waals surface area contributed by atoms with Crippen LogP contribution in [0.1, 0.15) is 36.8 Å². The van der Waals surface area contributed by atoms with E-state index in [1.54, 1.807) is 6.07 Å². The summed E-state index contributed by atoms with van der Waals surface area (Å²) in [5.41, 5.74) is 1.47. The number of fused-ring (bicyclic) bond motifs is 3. The minimum absolute atomic E-state index is 0.00273. The van der Waals surface area contributed by atoms with Crippen LogP contribution in [-0.2, 0) is 15.7 Å². The predicted molar refractivity (Wildman–Crippen MR) is 180 cm³/mol. The second kappa shape index (κ2) is 13.4. The molecule has 0 bridgehead atoms. The number of nitrogens with zero attached hydrogens (tertiary/aromatic N) is 5. The maximum Gasteiger partial charge on any atom is 0.417 e. The number of alkyl halides is 4. The first kappa shape index (κ1) is 35.7. The molecule has 2 aromatic heterocycles. The number of hydrogen-bond acceptors (Lipinski definition) is 10. The number of rotatable bonds is 9. The molecular formula is C35H32F6N6O4S. The highest BCUT2D eigenvalue weighted by Gasteiger charge is 2.49. The van der Waals surface area contributed by atoms with Gasteiger partial charge in [-0.2, -0.15) is 28.4 Å². The summed E-state index contributed by atoms with van der Waals surface area (Å²) in [6.45, 7) is 4.52. The number of carbonyl (C=O) groups is 1. The highest BCUT2D eigenvalue weighted by molar-refractivity contribution is 7.23. The van der Waals surface area contributed by atoms with Crippen LogP contribution in [0, 0.1) is 23.0 Å². The molecule has 4 aromatic rings. The highest BCUT2D eigenvalue weighted by Crippen LogP contribution is 2.48. The van der Waals surface area contributed by atoms with Crippen LogP contribution in [0.2, 0.25) is 0 Å². The van der Waals surface area contributed by atoms with Crippen LogP contribution in [-0.4, -0.2) is 89.5 Å².